The van der Waals surface area contributed by atoms with Crippen molar-refractivity contribution in [3.63, 3.8) is 0 Å². The summed E-state index contributed by atoms with van der Waals surface area (Å²) >= 11 is 0. The monoisotopic (exact) mass is 199 g/mol. The highest BCUT2D eigenvalue weighted by atomic mass is 16.4. The number of primary amides is 1. The molecule has 1 rings (SSSR count). The van der Waals surface area contributed by atoms with E-state index in [4.69, 9.17) is 15.9 Å². The van der Waals surface area contributed by atoms with E-state index in [1.807, 2.05) is 0 Å². The topological polar surface area (TPSA) is 118 Å². The maximum Gasteiger partial charge on any atom is 0.334 e. The minimum absolute atomic E-state index is 0.0302. The number of aliphatic hydroxyl groups is 1. The van der Waals surface area contributed by atoms with E-state index >= 15 is 0 Å². The highest BCUT2D eigenvalue weighted by molar-refractivity contribution is 5.90. The number of aromatic nitrogens is 2. The van der Waals surface area contributed by atoms with Crippen LogP contribution in [0.4, 0.5) is 0 Å². The standard InChI is InChI=1S/C7H9N3O4/c8-6(12)4-1-2-10(9-4)3-5(11)7(13)14/h1-2,5,11H,3H2,(H2,8,12)(H,13,14). The SMILES string of the molecule is NC(=O)c1ccn(CC(O)C(=O)O)n1. The minimum Gasteiger partial charge on any atom is -0.479 e. The number of amides is 1. The van der Waals surface area contributed by atoms with Gasteiger partial charge in [0.15, 0.2) is 6.10 Å². The molecule has 0 fully saturated rings. The molecule has 7 nitrogen and oxygen atoms in total. The number of nitrogens with two attached hydrogens (primary N) is 1. The molecule has 1 aromatic rings. The Hall–Kier alpha value is -1.89. The van der Waals surface area contributed by atoms with Crippen molar-refractivity contribution in [2.75, 3.05) is 0 Å². The number of carboxylic acids is 1. The first-order valence-electron chi connectivity index (χ1n) is 3.75. The van der Waals surface area contributed by atoms with Gasteiger partial charge in [-0.3, -0.25) is 9.48 Å². The van der Waals surface area contributed by atoms with E-state index in [-0.39, 0.29) is 12.2 Å². The fraction of sp³-hybridized carbons (Fsp3) is 0.286. The summed E-state index contributed by atoms with van der Waals surface area (Å²) in [5.41, 5.74) is 4.95. The molecule has 7 heteroatoms. The third-order valence-corrected chi connectivity index (χ3v) is 1.54. The molecule has 0 saturated carbocycles. The highest BCUT2D eigenvalue weighted by Crippen LogP contribution is 1.96. The summed E-state index contributed by atoms with van der Waals surface area (Å²) in [4.78, 5) is 20.9. The van der Waals surface area contributed by atoms with E-state index < -0.39 is 18.0 Å². The summed E-state index contributed by atoms with van der Waals surface area (Å²) in [5.74, 6) is -2.05. The van der Waals surface area contributed by atoms with Crippen LogP contribution in [-0.4, -0.2) is 38.0 Å². The molecule has 0 aliphatic carbocycles. The van der Waals surface area contributed by atoms with Crippen molar-refractivity contribution in [3.05, 3.63) is 18.0 Å². The highest BCUT2D eigenvalue weighted by Gasteiger charge is 2.14. The van der Waals surface area contributed by atoms with E-state index in [1.54, 1.807) is 0 Å². The summed E-state index contributed by atoms with van der Waals surface area (Å²) in [6.45, 7) is -0.220. The molecule has 0 saturated heterocycles. The van der Waals surface area contributed by atoms with Crippen LogP contribution in [0.2, 0.25) is 0 Å². The molecule has 76 valence electrons. The fourth-order valence-electron chi connectivity index (χ4n) is 0.850. The van der Waals surface area contributed by atoms with Gasteiger partial charge in [-0.05, 0) is 6.07 Å². The Kier molecular flexibility index (Phi) is 2.82. The number of rotatable bonds is 4. The predicted molar refractivity (Wildman–Crippen MR) is 44.4 cm³/mol. The summed E-state index contributed by atoms with van der Waals surface area (Å²) in [6, 6.07) is 1.34. The molecule has 14 heavy (non-hydrogen) atoms. The molecular formula is C7H9N3O4. The fourth-order valence-corrected chi connectivity index (χ4v) is 0.850. The van der Waals surface area contributed by atoms with E-state index in [0.29, 0.717) is 0 Å². The number of carboxylic acid groups (broad SMARTS) is 1. The zero-order valence-electron chi connectivity index (χ0n) is 7.12. The second kappa shape index (κ2) is 3.88. The molecule has 1 heterocycles. The van der Waals surface area contributed by atoms with Gasteiger partial charge in [0.25, 0.3) is 5.91 Å². The van der Waals surface area contributed by atoms with Gasteiger partial charge in [-0.25, -0.2) is 4.79 Å². The van der Waals surface area contributed by atoms with Gasteiger partial charge in [0.2, 0.25) is 0 Å². The molecule has 1 unspecified atom stereocenters. The van der Waals surface area contributed by atoms with Gasteiger partial charge >= 0.3 is 5.97 Å². The zero-order chi connectivity index (χ0) is 10.7. The Morgan fingerprint density at radius 1 is 1.64 bits per heavy atom. The Balaban J connectivity index is 2.69. The molecule has 0 spiro atoms. The lowest BCUT2D eigenvalue weighted by atomic mass is 10.4. The summed E-state index contributed by atoms with van der Waals surface area (Å²) in [7, 11) is 0. The van der Waals surface area contributed by atoms with Gasteiger partial charge in [0, 0.05) is 6.20 Å². The smallest absolute Gasteiger partial charge is 0.334 e. The van der Waals surface area contributed by atoms with E-state index in [0.717, 1.165) is 4.68 Å². The first-order valence-corrected chi connectivity index (χ1v) is 3.75. The molecular weight excluding hydrogens is 190 g/mol. The molecule has 1 aromatic heterocycles. The van der Waals surface area contributed by atoms with Crippen LogP contribution in [-0.2, 0) is 11.3 Å². The van der Waals surface area contributed by atoms with Crippen molar-refractivity contribution < 1.29 is 19.8 Å². The quantitative estimate of drug-likeness (QED) is 0.541. The summed E-state index contributed by atoms with van der Waals surface area (Å²) < 4.78 is 1.14. The lowest BCUT2D eigenvalue weighted by Gasteiger charge is -2.04. The molecule has 1 amide bonds. The van der Waals surface area contributed by atoms with Crippen LogP contribution in [0.5, 0.6) is 0 Å². The molecule has 0 aromatic carbocycles. The Morgan fingerprint density at radius 2 is 2.29 bits per heavy atom. The Morgan fingerprint density at radius 3 is 2.71 bits per heavy atom. The van der Waals surface area contributed by atoms with Crippen LogP contribution in [0.25, 0.3) is 0 Å². The predicted octanol–water partition coefficient (Wildman–Crippen LogP) is -1.57. The van der Waals surface area contributed by atoms with Gasteiger partial charge in [-0.1, -0.05) is 0 Å². The lowest BCUT2D eigenvalue weighted by molar-refractivity contribution is -0.147. The van der Waals surface area contributed by atoms with Gasteiger partial charge in [-0.2, -0.15) is 5.10 Å². The molecule has 4 N–H and O–H groups in total. The van der Waals surface area contributed by atoms with E-state index in [2.05, 4.69) is 5.10 Å². The van der Waals surface area contributed by atoms with Crippen molar-refractivity contribution >= 4 is 11.9 Å². The average molecular weight is 199 g/mol. The van der Waals surface area contributed by atoms with Crippen molar-refractivity contribution in [1.29, 1.82) is 0 Å². The van der Waals surface area contributed by atoms with Crippen molar-refractivity contribution in [2.24, 2.45) is 5.73 Å². The van der Waals surface area contributed by atoms with E-state index in [9.17, 15) is 9.59 Å². The van der Waals surface area contributed by atoms with E-state index in [1.165, 1.54) is 12.3 Å². The van der Waals surface area contributed by atoms with Crippen LogP contribution in [0.3, 0.4) is 0 Å². The molecule has 1 atom stereocenters. The summed E-state index contributed by atoms with van der Waals surface area (Å²) in [5, 5.41) is 21.0. The number of aliphatic hydroxyl groups excluding tert-OH is 1. The third-order valence-electron chi connectivity index (χ3n) is 1.54. The molecule has 0 radical (unpaired) electrons. The second-order valence-corrected chi connectivity index (χ2v) is 2.64. The molecule has 0 bridgehead atoms. The van der Waals surface area contributed by atoms with Gasteiger partial charge in [0.1, 0.15) is 5.69 Å². The van der Waals surface area contributed by atoms with Crippen LogP contribution in [0.15, 0.2) is 12.3 Å². The van der Waals surface area contributed by atoms with Gasteiger partial charge in [-0.15, -0.1) is 0 Å². The summed E-state index contributed by atoms with van der Waals surface area (Å²) in [6.07, 6.45) is -0.178. The van der Waals surface area contributed by atoms with Gasteiger partial charge < -0.3 is 15.9 Å². The maximum atomic E-state index is 10.6. The Bertz CT molecular complexity index is 360. The van der Waals surface area contributed by atoms with Gasteiger partial charge in [0.05, 0.1) is 6.54 Å². The van der Waals surface area contributed by atoms with Crippen LogP contribution < -0.4 is 5.73 Å². The van der Waals surface area contributed by atoms with Crippen molar-refractivity contribution in [3.8, 4) is 0 Å². The first kappa shape index (κ1) is 10.2. The molecule has 0 aliphatic rings. The van der Waals surface area contributed by atoms with Crippen LogP contribution in [0, 0.1) is 0 Å². The number of carbonyl (C=O) groups excluding carboxylic acids is 1. The Labute approximate surface area is 78.7 Å². The zero-order valence-corrected chi connectivity index (χ0v) is 7.12. The number of aliphatic carboxylic acids is 1. The minimum atomic E-state index is -1.55. The average Bonchev–Trinajstić information content (AvgIpc) is 2.52. The van der Waals surface area contributed by atoms with Crippen LogP contribution >= 0.6 is 0 Å². The first-order chi connectivity index (χ1) is 6.50. The number of hydrogen-bond acceptors (Lipinski definition) is 4. The third kappa shape index (κ3) is 2.30. The van der Waals surface area contributed by atoms with Crippen LogP contribution in [0.1, 0.15) is 10.5 Å². The number of hydrogen-bond donors (Lipinski definition) is 3. The number of carbonyl (C=O) groups is 2. The largest absolute Gasteiger partial charge is 0.479 e. The lowest BCUT2D eigenvalue weighted by Crippen LogP contribution is -2.26. The van der Waals surface area contributed by atoms with Crippen molar-refractivity contribution in [2.45, 2.75) is 12.6 Å². The molecule has 0 aliphatic heterocycles. The second-order valence-electron chi connectivity index (χ2n) is 2.64. The van der Waals surface area contributed by atoms with Crippen molar-refractivity contribution in [1.82, 2.24) is 9.78 Å². The maximum absolute atomic E-state index is 10.6. The normalized spacial score (nSPS) is 12.4. The number of nitrogens with zero attached hydrogens (tertiary/aromatic N) is 2.